The van der Waals surface area contributed by atoms with Gasteiger partial charge in [0.05, 0.1) is 16.7 Å². The largest absolute Gasteiger partial charge is 0.643 e. The van der Waals surface area contributed by atoms with E-state index in [0.717, 1.165) is 20.1 Å². The maximum absolute atomic E-state index is 13.0. The first-order valence-electron chi connectivity index (χ1n) is 17.9. The average molecular weight is 992 g/mol. The number of ether oxygens (including phenoxy) is 1. The zero-order chi connectivity index (χ0) is 42.1. The van der Waals surface area contributed by atoms with Gasteiger partial charge in [-0.25, -0.2) is 44.5 Å². The molecule has 0 bridgehead atoms. The van der Waals surface area contributed by atoms with Gasteiger partial charge in [0.15, 0.2) is 5.78 Å². The van der Waals surface area contributed by atoms with Crippen LogP contribution in [-0.4, -0.2) is 40.2 Å². The van der Waals surface area contributed by atoms with Crippen molar-refractivity contribution in [3.63, 3.8) is 0 Å². The molecule has 0 saturated heterocycles. The van der Waals surface area contributed by atoms with Crippen molar-refractivity contribution in [1.82, 2.24) is 0 Å². The first-order chi connectivity index (χ1) is 27.4. The predicted octanol–water partition coefficient (Wildman–Crippen LogP) is 13.8. The smallest absolute Gasteiger partial charge is 0.478 e. The Morgan fingerprint density at radius 1 is 0.542 bits per heavy atom. The van der Waals surface area contributed by atoms with E-state index in [2.05, 4.69) is 119 Å². The summed E-state index contributed by atoms with van der Waals surface area (Å²) in [5.74, 6) is -2.47. The highest BCUT2D eigenvalue weighted by Gasteiger charge is 2.37. The molecule has 300 valence electrons. The minimum atomic E-state index is -1.72. The zero-order valence-corrected chi connectivity index (χ0v) is 38.2. The van der Waals surface area contributed by atoms with Gasteiger partial charge < -0.3 is 9.84 Å². The van der Waals surface area contributed by atoms with E-state index in [0.29, 0.717) is 16.7 Å². The van der Waals surface area contributed by atoms with Gasteiger partial charge in [-0.2, -0.15) is 0 Å². The normalized spacial score (nSPS) is 13.7. The number of benzene rings is 6. The van der Waals surface area contributed by atoms with E-state index in [1.165, 1.54) is 39.4 Å². The molecule has 0 spiro atoms. The molecule has 0 fully saturated rings. The van der Waals surface area contributed by atoms with Crippen LogP contribution in [0.3, 0.4) is 0 Å². The van der Waals surface area contributed by atoms with E-state index in [-0.39, 0.29) is 35.2 Å². The summed E-state index contributed by atoms with van der Waals surface area (Å²) in [6.45, 7) is 8.88. The number of carboxylic acid groups (broad SMARTS) is 1. The average Bonchev–Trinajstić information content (AvgIpc) is 3.70. The lowest BCUT2D eigenvalue weighted by atomic mass is 9.81. The number of halogens is 5. The molecular weight excluding hydrogens is 954 g/mol. The Kier molecular flexibility index (Phi) is 14.6. The lowest BCUT2D eigenvalue weighted by Gasteiger charge is -2.22. The van der Waals surface area contributed by atoms with Crippen molar-refractivity contribution < 1.29 is 29.0 Å². The first kappa shape index (κ1) is 46.0. The van der Waals surface area contributed by atoms with Crippen LogP contribution in [0.5, 0.6) is 0 Å². The summed E-state index contributed by atoms with van der Waals surface area (Å²) < 4.78 is 6.54. The van der Waals surface area contributed by atoms with Crippen LogP contribution < -0.4 is 0 Å². The summed E-state index contributed by atoms with van der Waals surface area (Å²) in [6, 6.07) is 40.0. The first-order valence-corrected chi connectivity index (χ1v) is 24.8. The van der Waals surface area contributed by atoms with Gasteiger partial charge in [-0.15, -0.1) is 0 Å². The monoisotopic (exact) mass is 988 g/mol. The number of esters is 2. The van der Waals surface area contributed by atoms with Crippen LogP contribution in [0.25, 0.3) is 22.3 Å². The minimum Gasteiger partial charge on any atom is -0.478 e. The van der Waals surface area contributed by atoms with Crippen molar-refractivity contribution in [2.75, 3.05) is 0 Å². The van der Waals surface area contributed by atoms with Gasteiger partial charge in [0.25, 0.3) is 0 Å². The quantitative estimate of drug-likeness (QED) is 0.0821. The fraction of sp³-hybridized carbons (Fsp3) is 0.149. The van der Waals surface area contributed by atoms with Gasteiger partial charge in [0.2, 0.25) is 0 Å². The fourth-order valence-electron chi connectivity index (χ4n) is 7.58. The molecule has 0 amide bonds. The number of aromatic carboxylic acids is 1. The minimum absolute atomic E-state index is 0. The molecule has 0 unspecified atom stereocenters. The number of carbonyl (C=O) groups excluding carboxylic acids is 3. The summed E-state index contributed by atoms with van der Waals surface area (Å²) in [4.78, 5) is 46.2. The SMILES string of the molecule is C.CC1(C)c2cc(Br)ccc2-c2ccc(C(=O)c3ccccc3C(=O)O)cc21.CC1(C)c2ccccc2-c2ccc(Br)cc21.O=C1OC(=O)c2ccccc21.[Cl][Al]([Cl])[Cl]. The summed E-state index contributed by atoms with van der Waals surface area (Å²) in [7, 11) is 14.8. The van der Waals surface area contributed by atoms with Gasteiger partial charge in [-0.3, -0.25) is 4.79 Å². The van der Waals surface area contributed by atoms with E-state index in [9.17, 15) is 24.3 Å². The van der Waals surface area contributed by atoms with Crippen molar-refractivity contribution in [3.8, 4) is 22.3 Å². The number of hydrogen-bond donors (Lipinski definition) is 1. The van der Waals surface area contributed by atoms with E-state index < -0.39 is 29.3 Å². The molecule has 1 heterocycles. The highest BCUT2D eigenvalue weighted by molar-refractivity contribution is 9.10. The lowest BCUT2D eigenvalue weighted by Crippen LogP contribution is -2.16. The zero-order valence-electron chi connectivity index (χ0n) is 31.6. The number of ketones is 1. The summed E-state index contributed by atoms with van der Waals surface area (Å²) in [5, 5.41) is 9.39. The molecule has 3 aliphatic rings. The maximum atomic E-state index is 13.0. The number of cyclic esters (lactones) is 2. The van der Waals surface area contributed by atoms with Crippen molar-refractivity contribution in [1.29, 1.82) is 0 Å². The van der Waals surface area contributed by atoms with Crippen molar-refractivity contribution in [2.45, 2.75) is 46.0 Å². The van der Waals surface area contributed by atoms with Crippen LogP contribution in [0.1, 0.15) is 104 Å². The lowest BCUT2D eigenvalue weighted by molar-refractivity contribution is 0.0442. The Hall–Kier alpha value is -4.04. The third-order valence-corrected chi connectivity index (χ3v) is 11.4. The van der Waals surface area contributed by atoms with Crippen LogP contribution in [-0.2, 0) is 15.6 Å². The number of carbonyl (C=O) groups is 4. The Balaban J connectivity index is 0.000000174. The second kappa shape index (κ2) is 18.7. The summed E-state index contributed by atoms with van der Waals surface area (Å²) in [6.07, 6.45) is 0. The van der Waals surface area contributed by atoms with Crippen LogP contribution >= 0.6 is 62.0 Å². The van der Waals surface area contributed by atoms with Crippen LogP contribution in [0, 0.1) is 0 Å². The third-order valence-electron chi connectivity index (χ3n) is 10.4. The van der Waals surface area contributed by atoms with Crippen LogP contribution in [0.2, 0.25) is 0 Å². The molecular formula is C47H38AlBr2Cl3O6. The Labute approximate surface area is 377 Å². The fourth-order valence-corrected chi connectivity index (χ4v) is 8.31. The standard InChI is InChI=1S/C23H17BrO3.C15H13Br.C8H4O3.CH4.Al.3ClH/c1-23(2)19-11-13(21(25)17-5-3-4-6-18(17)22(26)27)7-9-15(19)16-10-8-14(24)12-20(16)23;1-15(2)13-6-4-3-5-11(13)12-8-7-10(16)9-14(12)15;9-7-5-3-1-2-4-6(5)8(10)11-7;;;;;/h3-12H,1-2H3,(H,26,27);3-9H,1-2H3;1-4H;1H4;;3*1H/q;;;;+3;;;/p-3. The van der Waals surface area contributed by atoms with Gasteiger partial charge in [0.1, 0.15) is 0 Å². The highest BCUT2D eigenvalue weighted by atomic mass is 79.9. The van der Waals surface area contributed by atoms with Crippen molar-refractivity contribution >= 4 is 97.1 Å². The molecule has 2 aliphatic carbocycles. The molecule has 6 nitrogen and oxygen atoms in total. The number of rotatable bonds is 3. The molecule has 1 aliphatic heterocycles. The topological polar surface area (TPSA) is 97.7 Å². The Bertz CT molecular complexity index is 2590. The molecule has 0 aromatic heterocycles. The molecule has 12 heteroatoms. The molecule has 59 heavy (non-hydrogen) atoms. The predicted molar refractivity (Wildman–Crippen MR) is 246 cm³/mol. The van der Waals surface area contributed by atoms with E-state index >= 15 is 0 Å². The Morgan fingerprint density at radius 3 is 1.41 bits per heavy atom. The second-order valence-electron chi connectivity index (χ2n) is 14.6. The summed E-state index contributed by atoms with van der Waals surface area (Å²) in [5.41, 5.74) is 11.5. The maximum Gasteiger partial charge on any atom is 0.643 e. The van der Waals surface area contributed by atoms with Crippen molar-refractivity contribution in [2.24, 2.45) is 0 Å². The number of carboxylic acids is 1. The summed E-state index contributed by atoms with van der Waals surface area (Å²) >= 11 is 5.38. The van der Waals surface area contributed by atoms with Gasteiger partial charge >= 0.3 is 29.3 Å². The van der Waals surface area contributed by atoms with Gasteiger partial charge in [-0.05, 0) is 93.0 Å². The molecule has 0 atom stereocenters. The molecule has 9 rings (SSSR count). The van der Waals surface area contributed by atoms with Crippen LogP contribution in [0.4, 0.5) is 0 Å². The van der Waals surface area contributed by atoms with E-state index in [4.69, 9.17) is 30.1 Å². The van der Waals surface area contributed by atoms with Gasteiger partial charge in [0, 0.05) is 30.9 Å². The molecule has 0 saturated carbocycles. The number of fused-ring (bicyclic) bond motifs is 7. The second-order valence-corrected chi connectivity index (χ2v) is 22.9. The molecule has 0 radical (unpaired) electrons. The van der Waals surface area contributed by atoms with Gasteiger partial charge in [-0.1, -0.05) is 146 Å². The Morgan fingerprint density at radius 2 is 0.915 bits per heavy atom. The highest BCUT2D eigenvalue weighted by Crippen LogP contribution is 2.50. The van der Waals surface area contributed by atoms with E-state index in [1.807, 2.05) is 18.2 Å². The van der Waals surface area contributed by atoms with Crippen LogP contribution in [0.15, 0.2) is 136 Å². The third kappa shape index (κ3) is 9.48. The van der Waals surface area contributed by atoms with E-state index in [1.54, 1.807) is 48.5 Å². The molecule has 1 N–H and O–H groups in total. The van der Waals surface area contributed by atoms with Crippen molar-refractivity contribution in [3.05, 3.63) is 186 Å². The number of hydrogen-bond acceptors (Lipinski definition) is 5. The molecule has 6 aromatic carbocycles. The molecule has 6 aromatic rings.